The Morgan fingerprint density at radius 1 is 0.583 bits per heavy atom. The van der Waals surface area contributed by atoms with E-state index in [1.807, 2.05) is 0 Å². The molecule has 174 valence electrons. The van der Waals surface area contributed by atoms with E-state index in [0.29, 0.717) is 4.48 Å². The standard InChI is InChI=1S/C34H30N2/c1-25-31(32-23-27-13-10-11-14-28(27)24-35(32)2)22-21-26-15-12-20-33(34(25)26)36(3,29-16-6-4-7-17-29)30-18-8-5-9-19-30/h4-24H,1-3H3/q+2. The molecular formula is C34H30N2+2. The molecule has 0 bridgehead atoms. The predicted molar refractivity (Wildman–Crippen MR) is 153 cm³/mol. The van der Waals surface area contributed by atoms with Crippen LogP contribution in [0.2, 0.25) is 0 Å². The number of aryl methyl sites for hydroxylation is 2. The summed E-state index contributed by atoms with van der Waals surface area (Å²) in [4.78, 5) is 0. The summed E-state index contributed by atoms with van der Waals surface area (Å²) < 4.78 is 2.84. The number of aromatic nitrogens is 1. The van der Waals surface area contributed by atoms with Crippen molar-refractivity contribution in [2.75, 3.05) is 7.05 Å². The van der Waals surface area contributed by atoms with Crippen molar-refractivity contribution in [1.82, 2.24) is 4.48 Å². The second-order valence-electron chi connectivity index (χ2n) is 9.69. The van der Waals surface area contributed by atoms with Gasteiger partial charge in [0.2, 0.25) is 5.69 Å². The number of pyridine rings is 1. The van der Waals surface area contributed by atoms with Crippen LogP contribution in [0.1, 0.15) is 5.56 Å². The fraction of sp³-hybridized carbons (Fsp3) is 0.0882. The van der Waals surface area contributed by atoms with Gasteiger partial charge in [0.25, 0.3) is 0 Å². The molecule has 0 aliphatic rings. The van der Waals surface area contributed by atoms with Gasteiger partial charge in [0.1, 0.15) is 18.4 Å². The van der Waals surface area contributed by atoms with Gasteiger partial charge in [-0.05, 0) is 59.7 Å². The Morgan fingerprint density at radius 3 is 1.83 bits per heavy atom. The van der Waals surface area contributed by atoms with E-state index in [2.05, 4.69) is 153 Å². The number of hydrogen-bond donors (Lipinski definition) is 0. The number of benzene rings is 5. The monoisotopic (exact) mass is 466 g/mol. The van der Waals surface area contributed by atoms with Gasteiger partial charge in [-0.25, -0.2) is 9.05 Å². The van der Waals surface area contributed by atoms with Crippen LogP contribution in [0, 0.1) is 6.92 Å². The first-order valence-corrected chi connectivity index (χ1v) is 12.5. The molecule has 5 aromatic carbocycles. The van der Waals surface area contributed by atoms with Gasteiger partial charge in [-0.2, -0.15) is 0 Å². The van der Waals surface area contributed by atoms with E-state index >= 15 is 0 Å². The maximum absolute atomic E-state index is 2.31. The SMILES string of the molecule is Cc1c(-c2cc3ccccc3c[n+]2C)ccc2cccc([N+](C)(c3ccccc3)c3ccccc3)c12. The highest BCUT2D eigenvalue weighted by Crippen LogP contribution is 2.46. The average molecular weight is 467 g/mol. The Kier molecular flexibility index (Phi) is 5.40. The van der Waals surface area contributed by atoms with Crippen LogP contribution >= 0.6 is 0 Å². The first-order chi connectivity index (χ1) is 17.6. The van der Waals surface area contributed by atoms with Crippen LogP contribution in [-0.2, 0) is 7.05 Å². The molecule has 0 spiro atoms. The molecule has 0 aliphatic heterocycles. The topological polar surface area (TPSA) is 3.88 Å². The number of nitrogens with zero attached hydrogens (tertiary/aromatic N) is 2. The van der Waals surface area contributed by atoms with Gasteiger partial charge >= 0.3 is 0 Å². The molecule has 0 N–H and O–H groups in total. The van der Waals surface area contributed by atoms with Crippen molar-refractivity contribution in [3.05, 3.63) is 133 Å². The lowest BCUT2D eigenvalue weighted by Gasteiger charge is -2.34. The Hall–Kier alpha value is -4.27. The van der Waals surface area contributed by atoms with Crippen molar-refractivity contribution in [3.8, 4) is 11.3 Å². The molecule has 1 aromatic heterocycles. The van der Waals surface area contributed by atoms with E-state index in [4.69, 9.17) is 0 Å². The van der Waals surface area contributed by atoms with Crippen LogP contribution in [0.3, 0.4) is 0 Å². The highest BCUT2D eigenvalue weighted by atomic mass is 15.3. The van der Waals surface area contributed by atoms with Gasteiger partial charge in [0, 0.05) is 28.5 Å². The minimum Gasteiger partial charge on any atom is -0.229 e. The molecule has 2 nitrogen and oxygen atoms in total. The zero-order valence-corrected chi connectivity index (χ0v) is 21.0. The average Bonchev–Trinajstić information content (AvgIpc) is 2.93. The quantitative estimate of drug-likeness (QED) is 0.181. The number of quaternary nitrogens is 1. The van der Waals surface area contributed by atoms with Crippen LogP contribution in [0.25, 0.3) is 32.8 Å². The summed E-state index contributed by atoms with van der Waals surface area (Å²) in [7, 11) is 4.45. The Bertz CT molecular complexity index is 1660. The molecule has 0 amide bonds. The lowest BCUT2D eigenvalue weighted by molar-refractivity contribution is -0.659. The number of para-hydroxylation sites is 2. The van der Waals surface area contributed by atoms with Crippen molar-refractivity contribution < 1.29 is 4.57 Å². The van der Waals surface area contributed by atoms with Crippen molar-refractivity contribution in [1.29, 1.82) is 0 Å². The Morgan fingerprint density at radius 2 is 1.17 bits per heavy atom. The summed E-state index contributed by atoms with van der Waals surface area (Å²) in [5, 5.41) is 5.07. The van der Waals surface area contributed by atoms with Gasteiger partial charge in [-0.15, -0.1) is 0 Å². The minimum absolute atomic E-state index is 0.590. The molecule has 0 unspecified atom stereocenters. The smallest absolute Gasteiger partial charge is 0.213 e. The molecule has 0 fully saturated rings. The lowest BCUT2D eigenvalue weighted by Crippen LogP contribution is -2.34. The van der Waals surface area contributed by atoms with Gasteiger partial charge < -0.3 is 0 Å². The summed E-state index contributed by atoms with van der Waals surface area (Å²) in [5.74, 6) is 0. The summed E-state index contributed by atoms with van der Waals surface area (Å²) in [6.45, 7) is 2.27. The second-order valence-corrected chi connectivity index (χ2v) is 9.69. The van der Waals surface area contributed by atoms with E-state index < -0.39 is 0 Å². The van der Waals surface area contributed by atoms with Gasteiger partial charge in [0.05, 0.1) is 7.05 Å². The summed E-state index contributed by atoms with van der Waals surface area (Å²) in [5.41, 5.74) is 7.51. The zero-order chi connectivity index (χ0) is 24.7. The highest BCUT2D eigenvalue weighted by Gasteiger charge is 2.34. The molecule has 36 heavy (non-hydrogen) atoms. The summed E-state index contributed by atoms with van der Waals surface area (Å²) in [6, 6.07) is 43.8. The molecule has 1 heterocycles. The van der Waals surface area contributed by atoms with Gasteiger partial charge in [0.15, 0.2) is 11.9 Å². The van der Waals surface area contributed by atoms with Gasteiger partial charge in [-0.1, -0.05) is 72.8 Å². The first-order valence-electron chi connectivity index (χ1n) is 12.5. The molecule has 2 heteroatoms. The predicted octanol–water partition coefficient (Wildman–Crippen LogP) is 8.39. The number of fused-ring (bicyclic) bond motifs is 2. The van der Waals surface area contributed by atoms with Crippen molar-refractivity contribution in [2.24, 2.45) is 7.05 Å². The van der Waals surface area contributed by atoms with Crippen molar-refractivity contribution in [2.45, 2.75) is 6.92 Å². The molecule has 0 radical (unpaired) electrons. The number of rotatable bonds is 4. The summed E-state index contributed by atoms with van der Waals surface area (Å²) in [6.07, 6.45) is 2.23. The Labute approximate surface area is 212 Å². The van der Waals surface area contributed by atoms with Crippen LogP contribution < -0.4 is 9.05 Å². The number of hydrogen-bond acceptors (Lipinski definition) is 0. The molecule has 0 saturated heterocycles. The lowest BCUT2D eigenvalue weighted by atomic mass is 9.94. The largest absolute Gasteiger partial charge is 0.229 e. The molecule has 6 aromatic rings. The maximum atomic E-state index is 2.31. The van der Waals surface area contributed by atoms with E-state index in [9.17, 15) is 0 Å². The van der Waals surface area contributed by atoms with E-state index in [1.165, 1.54) is 55.4 Å². The van der Waals surface area contributed by atoms with Crippen LogP contribution in [-0.4, -0.2) is 7.05 Å². The zero-order valence-electron chi connectivity index (χ0n) is 21.0. The third-order valence-electron chi connectivity index (χ3n) is 7.59. The molecular weight excluding hydrogens is 436 g/mol. The third-order valence-corrected chi connectivity index (χ3v) is 7.59. The Balaban J connectivity index is 1.66. The minimum atomic E-state index is 0.590. The van der Waals surface area contributed by atoms with Crippen LogP contribution in [0.4, 0.5) is 17.1 Å². The van der Waals surface area contributed by atoms with E-state index in [0.717, 1.165) is 0 Å². The van der Waals surface area contributed by atoms with E-state index in [-0.39, 0.29) is 0 Å². The molecule has 0 aliphatic carbocycles. The van der Waals surface area contributed by atoms with Gasteiger partial charge in [-0.3, -0.25) is 0 Å². The first kappa shape index (κ1) is 22.2. The van der Waals surface area contributed by atoms with Crippen LogP contribution in [0.5, 0.6) is 0 Å². The van der Waals surface area contributed by atoms with E-state index in [1.54, 1.807) is 0 Å². The normalized spacial score (nSPS) is 11.8. The van der Waals surface area contributed by atoms with Crippen molar-refractivity contribution in [3.63, 3.8) is 0 Å². The highest BCUT2D eigenvalue weighted by molar-refractivity contribution is 6.02. The molecule has 0 saturated carbocycles. The van der Waals surface area contributed by atoms with Crippen LogP contribution in [0.15, 0.2) is 128 Å². The fourth-order valence-electron chi connectivity index (χ4n) is 5.62. The fourth-order valence-corrected chi connectivity index (χ4v) is 5.62. The summed E-state index contributed by atoms with van der Waals surface area (Å²) >= 11 is 0. The second kappa shape index (κ2) is 8.75. The molecule has 6 rings (SSSR count). The third kappa shape index (κ3) is 3.50. The van der Waals surface area contributed by atoms with Crippen molar-refractivity contribution >= 4 is 38.6 Å². The molecule has 0 atom stereocenters. The maximum Gasteiger partial charge on any atom is 0.213 e.